The molecule has 10 N–H and O–H groups in total. The Morgan fingerprint density at radius 1 is 0.509 bits per heavy atom. The van der Waals surface area contributed by atoms with Crippen LogP contribution in [0.5, 0.6) is 69.0 Å². The van der Waals surface area contributed by atoms with Crippen LogP contribution in [0, 0.1) is 21.4 Å². The molecule has 2 saturated carbocycles. The van der Waals surface area contributed by atoms with Crippen LogP contribution in [-0.2, 0) is 9.47 Å². The number of anilines is 5. The molecule has 2 aliphatic carbocycles. The molecule has 2 fully saturated rings. The molecule has 27 heteroatoms. The lowest BCUT2D eigenvalue weighted by atomic mass is 10.1. The molecule has 0 radical (unpaired) electrons. The Balaban J connectivity index is 0.000000160. The van der Waals surface area contributed by atoms with Gasteiger partial charge in [-0.2, -0.15) is 5.26 Å². The third kappa shape index (κ3) is 26.1. The highest BCUT2D eigenvalue weighted by atomic mass is 35.5. The van der Waals surface area contributed by atoms with E-state index < -0.39 is 16.9 Å². The standard InChI is InChI=1S/C30H27ClN4O4.C16H16N2O2.C15H13NO5.C15H15NO3.C13H11NO3/c1-37-27-15-25-26(16-28(27)38-13-3-12-31)33-18-20(17-32)29(25)34-21-8-10-23(11-9-21)39-24-5-2-4-19(14-24)30(36)35-22-6-7-22;17-12-4-8-14(9-5-12)20-15-3-1-2-11(10-15)16(19)18-13-6-7-13;1-2-20-15(17)11-4-3-5-14(10-11)21-13-8-6-12(7-9-13)16(18)19;1-2-18-15(17)11-4-3-5-14(10-11)19-13-8-6-12(16)7-9-13;14-10-4-6-11(7-5-10)17-12-3-1-2-9(8-12)13(15)16/h2,4-5,8-11,14-16,18,22H,3,6-7,12-13H2,1H3,(H,33,34)(H,35,36);1-5,8-10,13H,6-7,17H2,(H,18,19);3-10H,2H2,1H3;3-10H,2,16H2,1H3;1-8H,14H2,(H,15,16). The fraction of sp³-hybridized carbons (Fsp3) is 0.157. The number of nitro benzene ring substituents is 1. The SMILES string of the molecule is CCOC(=O)c1cccc(Oc2ccc(N)cc2)c1.CCOC(=O)c1cccc(Oc2ccc([N+](=O)[O-])cc2)c1.COc1cc2c(Nc3ccc(Oc4cccc(C(=O)NC5CC5)c4)cc3)c(C#N)cnc2cc1OCCCCl.Nc1ccc(Oc2cccc(C(=O)NC3CC3)c2)cc1.Nc1ccc(Oc2cccc(C(=O)O)c2)cc1. The maximum absolute atomic E-state index is 12.4. The molecular weight excluding hydrogens is 1500 g/mol. The number of benzene rings is 11. The zero-order chi connectivity index (χ0) is 82.3. The Bertz CT molecular complexity index is 5400. The molecule has 2 aliphatic rings. The minimum absolute atomic E-state index is 0.0115. The number of alkyl halides is 1. The number of pyridine rings is 1. The highest BCUT2D eigenvalue weighted by Crippen LogP contribution is 2.39. The summed E-state index contributed by atoms with van der Waals surface area (Å²) in [6.45, 7) is 4.61. The number of nitriles is 1. The average Bonchev–Trinajstić information content (AvgIpc) is 0.991. The van der Waals surface area contributed by atoms with Crippen molar-refractivity contribution < 1.29 is 76.6 Å². The number of hydrogen-bond acceptors (Lipinski definition) is 22. The fourth-order valence-electron chi connectivity index (χ4n) is 10.5. The number of aromatic carboxylic acids is 1. The number of amides is 2. The number of methoxy groups -OCH3 is 1. The van der Waals surface area contributed by atoms with Crippen LogP contribution >= 0.6 is 11.6 Å². The second-order valence-electron chi connectivity index (χ2n) is 25.6. The molecule has 11 aromatic carbocycles. The summed E-state index contributed by atoms with van der Waals surface area (Å²) in [5.74, 6) is 5.45. The number of esters is 2. The molecule has 116 heavy (non-hydrogen) atoms. The van der Waals surface area contributed by atoms with Crippen LogP contribution in [0.2, 0.25) is 0 Å². The number of aromatic nitrogens is 1. The van der Waals surface area contributed by atoms with Gasteiger partial charge in [0.25, 0.3) is 17.5 Å². The van der Waals surface area contributed by atoms with E-state index >= 15 is 0 Å². The Kier molecular flexibility index (Phi) is 30.3. The van der Waals surface area contributed by atoms with Crippen molar-refractivity contribution in [2.75, 3.05) is 55.3 Å². The third-order valence-corrected chi connectivity index (χ3v) is 16.9. The molecule has 0 bridgehead atoms. The van der Waals surface area contributed by atoms with Gasteiger partial charge in [-0.25, -0.2) is 14.4 Å². The number of rotatable bonds is 27. The Labute approximate surface area is 673 Å². The van der Waals surface area contributed by atoms with Crippen molar-refractivity contribution in [2.24, 2.45) is 0 Å². The van der Waals surface area contributed by atoms with Crippen molar-refractivity contribution in [3.8, 4) is 75.1 Å². The van der Waals surface area contributed by atoms with Gasteiger partial charge < -0.3 is 80.9 Å². The first kappa shape index (κ1) is 83.6. The van der Waals surface area contributed by atoms with Gasteiger partial charge in [-0.15, -0.1) is 11.6 Å². The van der Waals surface area contributed by atoms with E-state index in [2.05, 4.69) is 27.0 Å². The smallest absolute Gasteiger partial charge is 0.338 e. The number of non-ortho nitro benzene ring substituents is 1. The van der Waals surface area contributed by atoms with Gasteiger partial charge in [-0.05, 0) is 252 Å². The van der Waals surface area contributed by atoms with Crippen LogP contribution in [0.3, 0.4) is 0 Å². The average molecular weight is 1590 g/mol. The zero-order valence-corrected chi connectivity index (χ0v) is 64.0. The molecule has 26 nitrogen and oxygen atoms in total. The molecule has 14 rings (SSSR count). The van der Waals surface area contributed by atoms with E-state index in [-0.39, 0.29) is 29.0 Å². The Hall–Kier alpha value is -14.8. The van der Waals surface area contributed by atoms with Crippen LogP contribution in [0.25, 0.3) is 10.9 Å². The van der Waals surface area contributed by atoms with Gasteiger partial charge in [0.1, 0.15) is 63.6 Å². The van der Waals surface area contributed by atoms with E-state index in [4.69, 9.17) is 76.5 Å². The number of halogens is 1. The second kappa shape index (κ2) is 42.0. The first-order valence-electron chi connectivity index (χ1n) is 36.6. The molecule has 1 aromatic heterocycles. The summed E-state index contributed by atoms with van der Waals surface area (Å²) in [6.07, 6.45) is 6.46. The number of nitrogens with one attached hydrogen (secondary N) is 3. The van der Waals surface area contributed by atoms with Gasteiger partial charge in [-0.3, -0.25) is 24.7 Å². The van der Waals surface area contributed by atoms with Gasteiger partial charge in [-0.1, -0.05) is 30.3 Å². The lowest BCUT2D eigenvalue weighted by Crippen LogP contribution is -2.25. The van der Waals surface area contributed by atoms with Crippen molar-refractivity contribution in [2.45, 2.75) is 58.0 Å². The number of hydrogen-bond donors (Lipinski definition) is 7. The minimum atomic E-state index is -0.979. The first-order valence-corrected chi connectivity index (χ1v) is 37.1. The minimum Gasteiger partial charge on any atom is -0.493 e. The van der Waals surface area contributed by atoms with Crippen LogP contribution in [0.1, 0.15) is 103 Å². The Morgan fingerprint density at radius 2 is 0.879 bits per heavy atom. The lowest BCUT2D eigenvalue weighted by Gasteiger charge is -2.15. The quantitative estimate of drug-likeness (QED) is 0.00628. The Morgan fingerprint density at radius 3 is 1.24 bits per heavy atom. The number of carbonyl (C=O) groups excluding carboxylic acids is 4. The van der Waals surface area contributed by atoms with Crippen molar-refractivity contribution in [3.63, 3.8) is 0 Å². The van der Waals surface area contributed by atoms with Gasteiger partial charge in [0.05, 0.1) is 65.3 Å². The summed E-state index contributed by atoms with van der Waals surface area (Å²) in [7, 11) is 1.57. The van der Waals surface area contributed by atoms with Gasteiger partial charge >= 0.3 is 17.9 Å². The summed E-state index contributed by atoms with van der Waals surface area (Å²) in [4.78, 5) is 72.8. The fourth-order valence-corrected chi connectivity index (χ4v) is 10.6. The van der Waals surface area contributed by atoms with E-state index in [0.717, 1.165) is 36.8 Å². The van der Waals surface area contributed by atoms with Crippen molar-refractivity contribution in [1.29, 1.82) is 5.26 Å². The largest absolute Gasteiger partial charge is 0.493 e. The van der Waals surface area contributed by atoms with Crippen LogP contribution < -0.4 is 66.3 Å². The van der Waals surface area contributed by atoms with Crippen molar-refractivity contribution in [3.05, 3.63) is 304 Å². The number of fused-ring (bicyclic) bond motifs is 1. The molecular formula is C89H82ClN9O17. The van der Waals surface area contributed by atoms with Crippen molar-refractivity contribution in [1.82, 2.24) is 15.6 Å². The van der Waals surface area contributed by atoms with E-state index in [1.165, 1.54) is 42.6 Å². The number of nitrogens with zero attached hydrogens (tertiary/aromatic N) is 3. The number of nitrogens with two attached hydrogens (primary N) is 3. The highest BCUT2D eigenvalue weighted by molar-refractivity contribution is 6.17. The maximum Gasteiger partial charge on any atom is 0.338 e. The van der Waals surface area contributed by atoms with Crippen LogP contribution in [-0.4, -0.2) is 89.6 Å². The molecule has 0 spiro atoms. The molecule has 0 unspecified atom stereocenters. The molecule has 12 aromatic rings. The topological polar surface area (TPSA) is 383 Å². The molecule has 0 atom stereocenters. The monoisotopic (exact) mass is 1580 g/mol. The van der Waals surface area contributed by atoms with Gasteiger partial charge in [0, 0.05) is 81.6 Å². The van der Waals surface area contributed by atoms with Gasteiger partial charge in [0.15, 0.2) is 11.5 Å². The predicted octanol–water partition coefficient (Wildman–Crippen LogP) is 19.1. The highest BCUT2D eigenvalue weighted by Gasteiger charge is 2.26. The van der Waals surface area contributed by atoms with Crippen molar-refractivity contribution >= 4 is 86.4 Å². The van der Waals surface area contributed by atoms with Gasteiger partial charge in [0.2, 0.25) is 0 Å². The summed E-state index contributed by atoms with van der Waals surface area (Å²) < 4.78 is 49.6. The summed E-state index contributed by atoms with van der Waals surface area (Å²) in [5, 5.41) is 39.2. The molecule has 0 aliphatic heterocycles. The number of nitro groups is 1. The summed E-state index contributed by atoms with van der Waals surface area (Å²) >= 11 is 5.77. The van der Waals surface area contributed by atoms with Crippen LogP contribution in [0.4, 0.5) is 34.1 Å². The predicted molar refractivity (Wildman–Crippen MR) is 442 cm³/mol. The van der Waals surface area contributed by atoms with E-state index in [1.807, 2.05) is 48.5 Å². The number of carboxylic acid groups (broad SMARTS) is 1. The molecule has 592 valence electrons. The van der Waals surface area contributed by atoms with E-state index in [1.54, 1.807) is 191 Å². The normalized spacial score (nSPS) is 11.4. The number of nitrogen functional groups attached to an aromatic ring is 3. The van der Waals surface area contributed by atoms with Crippen LogP contribution in [0.15, 0.2) is 261 Å². The molecule has 1 heterocycles. The maximum atomic E-state index is 12.4. The van der Waals surface area contributed by atoms with E-state index in [9.17, 15) is 39.3 Å². The molecule has 0 saturated heterocycles. The summed E-state index contributed by atoms with van der Waals surface area (Å²) in [6, 6.07) is 74.6. The lowest BCUT2D eigenvalue weighted by molar-refractivity contribution is -0.384. The van der Waals surface area contributed by atoms with E-state index in [0.29, 0.717) is 169 Å². The first-order chi connectivity index (χ1) is 56.2. The zero-order valence-electron chi connectivity index (χ0n) is 63.3. The third-order valence-electron chi connectivity index (χ3n) is 16.6. The molecule has 2 amide bonds. The summed E-state index contributed by atoms with van der Waals surface area (Å²) in [5.41, 5.74) is 23.4. The number of carbonyl (C=O) groups is 5. The second-order valence-corrected chi connectivity index (χ2v) is 25.9. The number of carboxylic acids is 1. The number of ether oxygens (including phenoxy) is 9.